The fourth-order valence-corrected chi connectivity index (χ4v) is 2.91. The van der Waals surface area contributed by atoms with Crippen molar-refractivity contribution < 1.29 is 4.79 Å². The number of aromatic nitrogens is 1. The van der Waals surface area contributed by atoms with Crippen molar-refractivity contribution in [3.8, 4) is 0 Å². The molecular formula is C17H14ClNO. The van der Waals surface area contributed by atoms with Crippen molar-refractivity contribution in [2.75, 3.05) is 0 Å². The van der Waals surface area contributed by atoms with Gasteiger partial charge >= 0.3 is 0 Å². The predicted molar refractivity (Wildman–Crippen MR) is 82.6 cm³/mol. The molecule has 0 saturated heterocycles. The highest BCUT2D eigenvalue weighted by Gasteiger charge is 2.16. The van der Waals surface area contributed by atoms with Crippen LogP contribution in [0.15, 0.2) is 48.5 Å². The van der Waals surface area contributed by atoms with E-state index in [4.69, 9.17) is 11.6 Å². The third-order valence-corrected chi connectivity index (χ3v) is 3.97. The first-order valence-electron chi connectivity index (χ1n) is 6.49. The minimum absolute atomic E-state index is 0.508. The number of rotatable bonds is 3. The van der Waals surface area contributed by atoms with Gasteiger partial charge in [0.2, 0.25) is 0 Å². The molecule has 1 aromatic heterocycles. The number of nitrogens with zero attached hydrogens (tertiary/aromatic N) is 1. The van der Waals surface area contributed by atoms with Crippen LogP contribution >= 0.6 is 11.6 Å². The van der Waals surface area contributed by atoms with E-state index >= 15 is 0 Å². The Morgan fingerprint density at radius 1 is 1.10 bits per heavy atom. The van der Waals surface area contributed by atoms with E-state index < -0.39 is 0 Å². The molecule has 2 nitrogen and oxygen atoms in total. The first-order chi connectivity index (χ1) is 9.72. The Hall–Kier alpha value is -2.06. The van der Waals surface area contributed by atoms with Gasteiger partial charge in [0.05, 0.1) is 11.1 Å². The maximum atomic E-state index is 11.3. The number of hydrogen-bond acceptors (Lipinski definition) is 1. The summed E-state index contributed by atoms with van der Waals surface area (Å²) >= 11 is 6.41. The molecule has 0 spiro atoms. The molecule has 0 aliphatic carbocycles. The summed E-state index contributed by atoms with van der Waals surface area (Å²) in [6.45, 7) is 2.70. The van der Waals surface area contributed by atoms with Crippen LogP contribution in [0.2, 0.25) is 5.15 Å². The summed E-state index contributed by atoms with van der Waals surface area (Å²) in [6, 6.07) is 16.0. The zero-order valence-electron chi connectivity index (χ0n) is 11.1. The number of hydrogen-bond donors (Lipinski definition) is 0. The summed E-state index contributed by atoms with van der Waals surface area (Å²) in [7, 11) is 0. The standard InChI is InChI=1S/C17H14ClNO/c1-12-6-5-9-14-15(11-20)17(18)19(16(12)14)10-13-7-3-2-4-8-13/h2-9,11H,10H2,1H3. The second-order valence-corrected chi connectivity index (χ2v) is 5.22. The lowest BCUT2D eigenvalue weighted by Crippen LogP contribution is -2.00. The zero-order chi connectivity index (χ0) is 14.1. The van der Waals surface area contributed by atoms with E-state index in [9.17, 15) is 4.79 Å². The lowest BCUT2D eigenvalue weighted by atomic mass is 10.1. The van der Waals surface area contributed by atoms with Gasteiger partial charge in [-0.25, -0.2) is 0 Å². The molecule has 0 N–H and O–H groups in total. The van der Waals surface area contributed by atoms with Gasteiger partial charge in [0.1, 0.15) is 5.15 Å². The van der Waals surface area contributed by atoms with Gasteiger partial charge in [-0.2, -0.15) is 0 Å². The maximum absolute atomic E-state index is 11.3. The summed E-state index contributed by atoms with van der Waals surface area (Å²) in [5.41, 5.74) is 3.88. The third kappa shape index (κ3) is 2.02. The first kappa shape index (κ1) is 12.9. The molecule has 0 bridgehead atoms. The number of aldehydes is 1. The van der Waals surface area contributed by atoms with Gasteiger partial charge in [-0.3, -0.25) is 4.79 Å². The van der Waals surface area contributed by atoms with E-state index in [1.54, 1.807) is 0 Å². The van der Waals surface area contributed by atoms with E-state index in [0.29, 0.717) is 17.3 Å². The minimum Gasteiger partial charge on any atom is -0.326 e. The van der Waals surface area contributed by atoms with Gasteiger partial charge < -0.3 is 4.57 Å². The Labute approximate surface area is 122 Å². The molecule has 1 heterocycles. The van der Waals surface area contributed by atoms with Gasteiger partial charge in [0.25, 0.3) is 0 Å². The molecule has 0 fully saturated rings. The van der Waals surface area contributed by atoms with Crippen molar-refractivity contribution >= 4 is 28.8 Å². The van der Waals surface area contributed by atoms with Crippen LogP contribution in [0, 0.1) is 6.92 Å². The fraction of sp³-hybridized carbons (Fsp3) is 0.118. The third-order valence-electron chi connectivity index (χ3n) is 3.56. The van der Waals surface area contributed by atoms with Gasteiger partial charge in [0, 0.05) is 11.9 Å². The molecule has 0 amide bonds. The SMILES string of the molecule is Cc1cccc2c(C=O)c(Cl)n(Cc3ccccc3)c12. The van der Waals surface area contributed by atoms with Crippen LogP contribution < -0.4 is 0 Å². The molecule has 0 unspecified atom stereocenters. The van der Waals surface area contributed by atoms with Crippen LogP contribution in [0.25, 0.3) is 10.9 Å². The van der Waals surface area contributed by atoms with Crippen LogP contribution in [0.1, 0.15) is 21.5 Å². The van der Waals surface area contributed by atoms with Crippen LogP contribution in [0.4, 0.5) is 0 Å². The molecule has 0 aliphatic rings. The minimum atomic E-state index is 0.508. The molecule has 3 aromatic rings. The van der Waals surface area contributed by atoms with Crippen molar-refractivity contribution in [3.63, 3.8) is 0 Å². The van der Waals surface area contributed by atoms with Crippen LogP contribution in [0.5, 0.6) is 0 Å². The topological polar surface area (TPSA) is 22.0 Å². The van der Waals surface area contributed by atoms with E-state index in [2.05, 4.69) is 12.1 Å². The smallest absolute Gasteiger partial charge is 0.153 e. The second-order valence-electron chi connectivity index (χ2n) is 4.87. The largest absolute Gasteiger partial charge is 0.326 e. The Morgan fingerprint density at radius 2 is 1.85 bits per heavy atom. The van der Waals surface area contributed by atoms with Gasteiger partial charge in [-0.05, 0) is 18.1 Å². The average Bonchev–Trinajstić information content (AvgIpc) is 2.73. The summed E-state index contributed by atoms with van der Waals surface area (Å²) in [4.78, 5) is 11.3. The molecule has 2 aromatic carbocycles. The molecule has 100 valence electrons. The molecular weight excluding hydrogens is 270 g/mol. The Morgan fingerprint density at radius 3 is 2.55 bits per heavy atom. The Kier molecular flexibility index (Phi) is 3.33. The lowest BCUT2D eigenvalue weighted by Gasteiger charge is -2.09. The summed E-state index contributed by atoms with van der Waals surface area (Å²) in [5, 5.41) is 1.43. The van der Waals surface area contributed by atoms with E-state index in [0.717, 1.165) is 28.3 Å². The molecule has 3 rings (SSSR count). The van der Waals surface area contributed by atoms with Crippen molar-refractivity contribution in [2.45, 2.75) is 13.5 Å². The highest BCUT2D eigenvalue weighted by Crippen LogP contribution is 2.31. The molecule has 0 atom stereocenters. The molecule has 3 heteroatoms. The maximum Gasteiger partial charge on any atom is 0.153 e. The second kappa shape index (κ2) is 5.14. The van der Waals surface area contributed by atoms with Crippen LogP contribution in [0.3, 0.4) is 0 Å². The summed E-state index contributed by atoms with van der Waals surface area (Å²) in [5.74, 6) is 0. The van der Waals surface area contributed by atoms with Gasteiger partial charge in [0.15, 0.2) is 6.29 Å². The number of carbonyl (C=O) groups is 1. The predicted octanol–water partition coefficient (Wildman–Crippen LogP) is 4.46. The molecule has 0 radical (unpaired) electrons. The normalized spacial score (nSPS) is 10.9. The molecule has 0 saturated carbocycles. The van der Waals surface area contributed by atoms with Crippen LogP contribution in [-0.4, -0.2) is 10.9 Å². The fourth-order valence-electron chi connectivity index (χ4n) is 2.62. The van der Waals surface area contributed by atoms with E-state index in [1.807, 2.05) is 47.9 Å². The van der Waals surface area contributed by atoms with E-state index in [-0.39, 0.29) is 0 Å². The number of para-hydroxylation sites is 1. The van der Waals surface area contributed by atoms with Crippen molar-refractivity contribution in [1.29, 1.82) is 0 Å². The van der Waals surface area contributed by atoms with Crippen LogP contribution in [-0.2, 0) is 6.54 Å². The summed E-state index contributed by atoms with van der Waals surface area (Å²) < 4.78 is 2.01. The number of benzene rings is 2. The quantitative estimate of drug-likeness (QED) is 0.650. The van der Waals surface area contributed by atoms with Gasteiger partial charge in [-0.1, -0.05) is 60.1 Å². The zero-order valence-corrected chi connectivity index (χ0v) is 11.9. The Bertz CT molecular complexity index is 775. The van der Waals surface area contributed by atoms with E-state index in [1.165, 1.54) is 0 Å². The first-order valence-corrected chi connectivity index (χ1v) is 6.86. The monoisotopic (exact) mass is 283 g/mol. The molecule has 0 aliphatic heterocycles. The number of halogens is 1. The highest BCUT2D eigenvalue weighted by molar-refractivity contribution is 6.34. The molecule has 20 heavy (non-hydrogen) atoms. The van der Waals surface area contributed by atoms with Crippen molar-refractivity contribution in [3.05, 3.63) is 70.4 Å². The highest BCUT2D eigenvalue weighted by atomic mass is 35.5. The number of carbonyl (C=O) groups excluding carboxylic acids is 1. The summed E-state index contributed by atoms with van der Waals surface area (Å²) in [6.07, 6.45) is 0.839. The van der Waals surface area contributed by atoms with Crippen molar-refractivity contribution in [2.24, 2.45) is 0 Å². The number of aryl methyl sites for hydroxylation is 1. The average molecular weight is 284 g/mol. The van der Waals surface area contributed by atoms with Crippen molar-refractivity contribution in [1.82, 2.24) is 4.57 Å². The van der Waals surface area contributed by atoms with Gasteiger partial charge in [-0.15, -0.1) is 0 Å². The Balaban J connectivity index is 2.24. The lowest BCUT2D eigenvalue weighted by molar-refractivity contribution is 0.112. The number of fused-ring (bicyclic) bond motifs is 1.